The molecule has 1 aromatic heterocycles. The second-order valence-corrected chi connectivity index (χ2v) is 7.00. The van der Waals surface area contributed by atoms with Crippen LogP contribution in [0.25, 0.3) is 11.0 Å². The largest absolute Gasteiger partial charge is 0.497 e. The number of carbonyl (C=O) groups is 1. The van der Waals surface area contributed by atoms with Crippen LogP contribution in [0.1, 0.15) is 42.3 Å². The molecule has 0 bridgehead atoms. The van der Waals surface area contributed by atoms with E-state index in [1.807, 2.05) is 12.1 Å². The number of methoxy groups -OCH3 is 1. The molecule has 0 fully saturated rings. The van der Waals surface area contributed by atoms with Crippen molar-refractivity contribution in [3.63, 3.8) is 0 Å². The van der Waals surface area contributed by atoms with Gasteiger partial charge in [-0.2, -0.15) is 0 Å². The maximum Gasteiger partial charge on any atom is 0.204 e. The fourth-order valence-electron chi connectivity index (χ4n) is 2.67. The molecule has 0 amide bonds. The summed E-state index contributed by atoms with van der Waals surface area (Å²) in [4.78, 5) is 25.4. The van der Waals surface area contributed by atoms with Crippen LogP contribution in [0.15, 0.2) is 57.9 Å². The second-order valence-electron chi connectivity index (χ2n) is 7.00. The maximum atomic E-state index is 12.7. The van der Waals surface area contributed by atoms with Crippen molar-refractivity contribution in [2.45, 2.75) is 26.2 Å². The van der Waals surface area contributed by atoms with Gasteiger partial charge in [0.25, 0.3) is 0 Å². The lowest BCUT2D eigenvalue weighted by Crippen LogP contribution is -2.16. The first-order chi connectivity index (χ1) is 11.8. The summed E-state index contributed by atoms with van der Waals surface area (Å²) in [6, 6.07) is 12.3. The lowest BCUT2D eigenvalue weighted by Gasteiger charge is -2.18. The Bertz CT molecular complexity index is 989. The van der Waals surface area contributed by atoms with Gasteiger partial charge in [0, 0.05) is 5.56 Å². The molecular weight excluding hydrogens is 316 g/mol. The zero-order valence-electron chi connectivity index (χ0n) is 14.8. The zero-order valence-corrected chi connectivity index (χ0v) is 14.8. The van der Waals surface area contributed by atoms with Crippen molar-refractivity contribution in [2.75, 3.05) is 7.11 Å². The van der Waals surface area contributed by atoms with Gasteiger partial charge in [-0.1, -0.05) is 45.0 Å². The van der Waals surface area contributed by atoms with Gasteiger partial charge in [-0.25, -0.2) is 0 Å². The molecule has 4 heteroatoms. The van der Waals surface area contributed by atoms with E-state index in [1.54, 1.807) is 30.3 Å². The number of rotatable bonds is 3. The molecule has 0 unspecified atom stereocenters. The van der Waals surface area contributed by atoms with Crippen molar-refractivity contribution >= 4 is 16.8 Å². The van der Waals surface area contributed by atoms with Gasteiger partial charge in [-0.3, -0.25) is 9.59 Å². The third kappa shape index (κ3) is 3.20. The fourth-order valence-corrected chi connectivity index (χ4v) is 2.67. The van der Waals surface area contributed by atoms with Gasteiger partial charge in [-0.05, 0) is 29.2 Å². The smallest absolute Gasteiger partial charge is 0.204 e. The van der Waals surface area contributed by atoms with Gasteiger partial charge in [0.2, 0.25) is 5.43 Å². The Hall–Kier alpha value is -2.88. The highest BCUT2D eigenvalue weighted by Gasteiger charge is 2.18. The molecule has 0 aliphatic rings. The van der Waals surface area contributed by atoms with Crippen molar-refractivity contribution < 1.29 is 13.9 Å². The Morgan fingerprint density at radius 2 is 1.72 bits per heavy atom. The Morgan fingerprint density at radius 3 is 2.32 bits per heavy atom. The number of ether oxygens (including phenoxy) is 1. The standard InChI is InChI=1S/C21H20O4/c1-21(2,3)14-7-5-13(6-8-14)19(22)17-12-25-18-10-9-15(24-4)11-16(18)20(17)23/h5-12H,1-4H3. The number of hydrogen-bond donors (Lipinski definition) is 0. The molecule has 0 aliphatic carbocycles. The highest BCUT2D eigenvalue weighted by molar-refractivity contribution is 6.09. The summed E-state index contributed by atoms with van der Waals surface area (Å²) in [6.07, 6.45) is 1.23. The van der Waals surface area contributed by atoms with Crippen LogP contribution >= 0.6 is 0 Å². The van der Waals surface area contributed by atoms with Gasteiger partial charge in [0.05, 0.1) is 12.5 Å². The van der Waals surface area contributed by atoms with Crippen LogP contribution < -0.4 is 10.2 Å². The van der Waals surface area contributed by atoms with E-state index in [4.69, 9.17) is 9.15 Å². The Kier molecular flexibility index (Phi) is 4.21. The third-order valence-corrected chi connectivity index (χ3v) is 4.24. The van der Waals surface area contributed by atoms with E-state index in [1.165, 1.54) is 13.4 Å². The number of ketones is 1. The van der Waals surface area contributed by atoms with Crippen molar-refractivity contribution in [1.29, 1.82) is 0 Å². The topological polar surface area (TPSA) is 56.5 Å². The Balaban J connectivity index is 2.05. The molecule has 4 nitrogen and oxygen atoms in total. The summed E-state index contributed by atoms with van der Waals surface area (Å²) in [5, 5.41) is 0.330. The van der Waals surface area contributed by atoms with Crippen molar-refractivity contribution in [1.82, 2.24) is 0 Å². The van der Waals surface area contributed by atoms with Crippen molar-refractivity contribution in [2.24, 2.45) is 0 Å². The molecule has 3 aromatic rings. The first-order valence-electron chi connectivity index (χ1n) is 8.06. The number of carbonyl (C=O) groups excluding carboxylic acids is 1. The van der Waals surface area contributed by atoms with Crippen molar-refractivity contribution in [3.8, 4) is 5.75 Å². The quantitative estimate of drug-likeness (QED) is 0.668. The zero-order chi connectivity index (χ0) is 18.2. The molecule has 2 aromatic carbocycles. The predicted octanol–water partition coefficient (Wildman–Crippen LogP) is 4.33. The van der Waals surface area contributed by atoms with Crippen LogP contribution in [0, 0.1) is 0 Å². The van der Waals surface area contributed by atoms with Crippen LogP contribution in [0.5, 0.6) is 5.75 Å². The maximum absolute atomic E-state index is 12.7. The first kappa shape index (κ1) is 17.0. The minimum absolute atomic E-state index is 0.000107. The second kappa shape index (κ2) is 6.20. The third-order valence-electron chi connectivity index (χ3n) is 4.24. The lowest BCUT2D eigenvalue weighted by molar-refractivity contribution is 0.103. The molecule has 0 saturated carbocycles. The number of benzene rings is 2. The molecular formula is C21H20O4. The van der Waals surface area contributed by atoms with Gasteiger partial charge in [0.1, 0.15) is 23.2 Å². The van der Waals surface area contributed by atoms with E-state index in [0.717, 1.165) is 5.56 Å². The highest BCUT2D eigenvalue weighted by Crippen LogP contribution is 2.23. The van der Waals surface area contributed by atoms with Gasteiger partial charge >= 0.3 is 0 Å². The fraction of sp³-hybridized carbons (Fsp3) is 0.238. The number of fused-ring (bicyclic) bond motifs is 1. The normalized spacial score (nSPS) is 11.5. The SMILES string of the molecule is COc1ccc2occ(C(=O)c3ccc(C(C)(C)C)cc3)c(=O)c2c1. The average molecular weight is 336 g/mol. The van der Waals surface area contributed by atoms with Crippen LogP contribution in [0.3, 0.4) is 0 Å². The van der Waals surface area contributed by atoms with Gasteiger partial charge < -0.3 is 9.15 Å². The van der Waals surface area contributed by atoms with Crippen LogP contribution in [0.2, 0.25) is 0 Å². The summed E-state index contributed by atoms with van der Waals surface area (Å²) < 4.78 is 10.6. The van der Waals surface area contributed by atoms with E-state index in [9.17, 15) is 9.59 Å². The van der Waals surface area contributed by atoms with Crippen LogP contribution in [-0.4, -0.2) is 12.9 Å². The molecule has 1 heterocycles. The van der Waals surface area contributed by atoms with E-state index in [0.29, 0.717) is 22.3 Å². The van der Waals surface area contributed by atoms with E-state index < -0.39 is 0 Å². The highest BCUT2D eigenvalue weighted by atomic mass is 16.5. The van der Waals surface area contributed by atoms with Crippen molar-refractivity contribution in [3.05, 3.63) is 75.6 Å². The Labute approximate surface area is 146 Å². The molecule has 0 radical (unpaired) electrons. The monoisotopic (exact) mass is 336 g/mol. The molecule has 25 heavy (non-hydrogen) atoms. The van der Waals surface area contributed by atoms with E-state index in [-0.39, 0.29) is 22.2 Å². The first-order valence-corrected chi connectivity index (χ1v) is 8.06. The summed E-state index contributed by atoms with van der Waals surface area (Å²) in [5.74, 6) is 0.192. The van der Waals surface area contributed by atoms with Crippen LogP contribution in [0.4, 0.5) is 0 Å². The summed E-state index contributed by atoms with van der Waals surface area (Å²) in [5.41, 5.74) is 1.67. The molecule has 0 aliphatic heterocycles. The predicted molar refractivity (Wildman–Crippen MR) is 97.6 cm³/mol. The molecule has 0 N–H and O–H groups in total. The molecule has 128 valence electrons. The summed E-state index contributed by atoms with van der Waals surface area (Å²) >= 11 is 0. The molecule has 0 spiro atoms. The van der Waals surface area contributed by atoms with E-state index in [2.05, 4.69) is 20.8 Å². The molecule has 0 atom stereocenters. The van der Waals surface area contributed by atoms with Gasteiger partial charge in [-0.15, -0.1) is 0 Å². The minimum Gasteiger partial charge on any atom is -0.497 e. The number of hydrogen-bond acceptors (Lipinski definition) is 4. The average Bonchev–Trinajstić information content (AvgIpc) is 2.60. The Morgan fingerprint density at radius 1 is 1.04 bits per heavy atom. The van der Waals surface area contributed by atoms with E-state index >= 15 is 0 Å². The lowest BCUT2D eigenvalue weighted by atomic mass is 9.86. The summed E-state index contributed by atoms with van der Waals surface area (Å²) in [7, 11) is 1.52. The summed E-state index contributed by atoms with van der Waals surface area (Å²) in [6.45, 7) is 6.32. The minimum atomic E-state index is -0.356. The van der Waals surface area contributed by atoms with Crippen LogP contribution in [-0.2, 0) is 5.41 Å². The molecule has 3 rings (SSSR count). The van der Waals surface area contributed by atoms with Gasteiger partial charge in [0.15, 0.2) is 5.78 Å². The molecule has 0 saturated heterocycles.